The van der Waals surface area contributed by atoms with E-state index >= 15 is 0 Å². The van der Waals surface area contributed by atoms with E-state index in [9.17, 15) is 0 Å². The van der Waals surface area contributed by atoms with Crippen molar-refractivity contribution in [3.8, 4) is 6.01 Å². The summed E-state index contributed by atoms with van der Waals surface area (Å²) < 4.78 is 11.0. The second kappa shape index (κ2) is 7.84. The summed E-state index contributed by atoms with van der Waals surface area (Å²) in [6, 6.07) is 0.336. The maximum atomic E-state index is 5.69. The molecule has 1 aliphatic rings. The Hall–Kier alpha value is -1.63. The molecule has 1 aromatic rings. The number of nitrogens with one attached hydrogen (secondary N) is 2. The molecule has 1 atom stereocenters. The van der Waals surface area contributed by atoms with Gasteiger partial charge in [-0.25, -0.2) is 0 Å². The summed E-state index contributed by atoms with van der Waals surface area (Å²) in [6.07, 6.45) is 4.90. The van der Waals surface area contributed by atoms with Crippen molar-refractivity contribution in [2.24, 2.45) is 0 Å². The second-order valence-corrected chi connectivity index (χ2v) is 4.65. The largest absolute Gasteiger partial charge is 0.464 e. The second-order valence-electron chi connectivity index (χ2n) is 4.65. The summed E-state index contributed by atoms with van der Waals surface area (Å²) in [6.45, 7) is 4.09. The smallest absolute Gasteiger partial charge is 0.323 e. The van der Waals surface area contributed by atoms with Gasteiger partial charge in [0.05, 0.1) is 12.7 Å². The number of hydrogen-bond donors (Lipinski definition) is 2. The molecule has 0 aromatic carbocycles. The lowest BCUT2D eigenvalue weighted by Gasteiger charge is -2.22. The van der Waals surface area contributed by atoms with E-state index < -0.39 is 0 Å². The highest BCUT2D eigenvalue weighted by Crippen LogP contribution is 2.16. The number of rotatable bonds is 7. The molecule has 112 valence electrons. The van der Waals surface area contributed by atoms with Crippen molar-refractivity contribution < 1.29 is 9.47 Å². The topological polar surface area (TPSA) is 81.2 Å². The van der Waals surface area contributed by atoms with E-state index in [1.807, 2.05) is 6.92 Å². The highest BCUT2D eigenvalue weighted by atomic mass is 16.5. The molecule has 0 aliphatic carbocycles. The lowest BCUT2D eigenvalue weighted by atomic mass is 10.1. The Morgan fingerprint density at radius 1 is 1.25 bits per heavy atom. The lowest BCUT2D eigenvalue weighted by Crippen LogP contribution is -2.22. The van der Waals surface area contributed by atoms with Gasteiger partial charge in [-0.15, -0.1) is 0 Å². The van der Waals surface area contributed by atoms with Gasteiger partial charge in [-0.2, -0.15) is 15.0 Å². The van der Waals surface area contributed by atoms with E-state index in [-0.39, 0.29) is 0 Å². The Morgan fingerprint density at radius 2 is 2.10 bits per heavy atom. The maximum absolute atomic E-state index is 5.69. The summed E-state index contributed by atoms with van der Waals surface area (Å²) >= 11 is 0. The predicted molar refractivity (Wildman–Crippen MR) is 77.2 cm³/mol. The van der Waals surface area contributed by atoms with Crippen LogP contribution in [0.2, 0.25) is 0 Å². The van der Waals surface area contributed by atoms with Crippen LogP contribution in [0.25, 0.3) is 0 Å². The number of nitrogens with zero attached hydrogens (tertiary/aromatic N) is 3. The molecule has 1 saturated heterocycles. The van der Waals surface area contributed by atoms with E-state index in [0.29, 0.717) is 30.6 Å². The molecule has 7 heteroatoms. The highest BCUT2D eigenvalue weighted by molar-refractivity contribution is 5.35. The van der Waals surface area contributed by atoms with Crippen LogP contribution in [0.15, 0.2) is 0 Å². The number of anilines is 2. The number of ether oxygens (including phenoxy) is 2. The van der Waals surface area contributed by atoms with Gasteiger partial charge < -0.3 is 20.1 Å². The van der Waals surface area contributed by atoms with Gasteiger partial charge in [0.1, 0.15) is 0 Å². The highest BCUT2D eigenvalue weighted by Gasteiger charge is 2.13. The molecule has 0 radical (unpaired) electrons. The van der Waals surface area contributed by atoms with E-state index in [1.54, 1.807) is 7.05 Å². The Bertz CT molecular complexity index is 410. The van der Waals surface area contributed by atoms with Crippen LogP contribution in [0.4, 0.5) is 11.9 Å². The molecule has 2 N–H and O–H groups in total. The SMILES string of the molecule is CCOc1nc(NC)nc(NCCC2CCCCO2)n1. The minimum Gasteiger partial charge on any atom is -0.464 e. The minimum atomic E-state index is 0.336. The van der Waals surface area contributed by atoms with Crippen LogP contribution in [0.3, 0.4) is 0 Å². The summed E-state index contributed by atoms with van der Waals surface area (Å²) in [5.41, 5.74) is 0. The van der Waals surface area contributed by atoms with Gasteiger partial charge in [0, 0.05) is 20.2 Å². The van der Waals surface area contributed by atoms with Crippen LogP contribution in [-0.2, 0) is 4.74 Å². The van der Waals surface area contributed by atoms with Gasteiger partial charge in [0.15, 0.2) is 0 Å². The molecule has 7 nitrogen and oxygen atoms in total. The van der Waals surface area contributed by atoms with Gasteiger partial charge in [-0.3, -0.25) is 0 Å². The first-order chi connectivity index (χ1) is 9.81. The molecular formula is C13H23N5O2. The summed E-state index contributed by atoms with van der Waals surface area (Å²) in [5.74, 6) is 1.03. The fraction of sp³-hybridized carbons (Fsp3) is 0.769. The first-order valence-corrected chi connectivity index (χ1v) is 7.24. The zero-order valence-electron chi connectivity index (χ0n) is 12.2. The fourth-order valence-electron chi connectivity index (χ4n) is 2.12. The van der Waals surface area contributed by atoms with E-state index in [1.165, 1.54) is 12.8 Å². The van der Waals surface area contributed by atoms with Crippen molar-refractivity contribution in [1.29, 1.82) is 0 Å². The Labute approximate surface area is 119 Å². The van der Waals surface area contributed by atoms with E-state index in [2.05, 4.69) is 25.6 Å². The van der Waals surface area contributed by atoms with Crippen molar-refractivity contribution in [2.45, 2.75) is 38.7 Å². The third-order valence-corrected chi connectivity index (χ3v) is 3.14. The van der Waals surface area contributed by atoms with Crippen LogP contribution < -0.4 is 15.4 Å². The van der Waals surface area contributed by atoms with Gasteiger partial charge in [0.25, 0.3) is 0 Å². The molecule has 20 heavy (non-hydrogen) atoms. The Balaban J connectivity index is 1.85. The van der Waals surface area contributed by atoms with Crippen LogP contribution in [0, 0.1) is 0 Å². The lowest BCUT2D eigenvalue weighted by molar-refractivity contribution is 0.0134. The van der Waals surface area contributed by atoms with Crippen LogP contribution >= 0.6 is 0 Å². The summed E-state index contributed by atoms with van der Waals surface area (Å²) in [4.78, 5) is 12.6. The molecule has 1 aliphatic heterocycles. The van der Waals surface area contributed by atoms with E-state index in [0.717, 1.165) is 26.0 Å². The molecule has 1 unspecified atom stereocenters. The van der Waals surface area contributed by atoms with Gasteiger partial charge >= 0.3 is 6.01 Å². The van der Waals surface area contributed by atoms with Crippen molar-refractivity contribution in [3.63, 3.8) is 0 Å². The molecule has 2 heterocycles. The van der Waals surface area contributed by atoms with Gasteiger partial charge in [-0.1, -0.05) is 0 Å². The number of hydrogen-bond acceptors (Lipinski definition) is 7. The number of aromatic nitrogens is 3. The maximum Gasteiger partial charge on any atom is 0.323 e. The first-order valence-electron chi connectivity index (χ1n) is 7.24. The minimum absolute atomic E-state index is 0.336. The molecule has 1 fully saturated rings. The zero-order chi connectivity index (χ0) is 14.2. The average Bonchev–Trinajstić information content (AvgIpc) is 2.48. The Morgan fingerprint density at radius 3 is 2.80 bits per heavy atom. The van der Waals surface area contributed by atoms with E-state index in [4.69, 9.17) is 9.47 Å². The molecule has 1 aromatic heterocycles. The molecule has 0 spiro atoms. The van der Waals surface area contributed by atoms with Gasteiger partial charge in [-0.05, 0) is 32.6 Å². The zero-order valence-corrected chi connectivity index (χ0v) is 12.2. The third-order valence-electron chi connectivity index (χ3n) is 3.14. The predicted octanol–water partition coefficient (Wildman–Crippen LogP) is 1.68. The first kappa shape index (κ1) is 14.8. The summed E-state index contributed by atoms with van der Waals surface area (Å²) in [5, 5.41) is 6.10. The molecule has 2 rings (SSSR count). The average molecular weight is 281 g/mol. The molecule has 0 amide bonds. The monoisotopic (exact) mass is 281 g/mol. The van der Waals surface area contributed by atoms with Crippen LogP contribution in [0.5, 0.6) is 6.01 Å². The van der Waals surface area contributed by atoms with Crippen LogP contribution in [-0.4, -0.2) is 47.9 Å². The Kier molecular flexibility index (Phi) is 5.79. The summed E-state index contributed by atoms with van der Waals surface area (Å²) in [7, 11) is 1.77. The van der Waals surface area contributed by atoms with Crippen molar-refractivity contribution in [2.75, 3.05) is 37.4 Å². The quantitative estimate of drug-likeness (QED) is 0.787. The standard InChI is InChI=1S/C13H23N5O2/c1-3-19-13-17-11(14-2)16-12(18-13)15-8-7-10-6-4-5-9-20-10/h10H,3-9H2,1-2H3,(H2,14,15,16,17,18). The molecule has 0 bridgehead atoms. The fourth-order valence-corrected chi connectivity index (χ4v) is 2.12. The van der Waals surface area contributed by atoms with Crippen molar-refractivity contribution in [1.82, 2.24) is 15.0 Å². The van der Waals surface area contributed by atoms with Gasteiger partial charge in [0.2, 0.25) is 11.9 Å². The van der Waals surface area contributed by atoms with Crippen molar-refractivity contribution in [3.05, 3.63) is 0 Å². The van der Waals surface area contributed by atoms with Crippen molar-refractivity contribution >= 4 is 11.9 Å². The molecular weight excluding hydrogens is 258 g/mol. The molecule has 0 saturated carbocycles. The third kappa shape index (κ3) is 4.48. The van der Waals surface area contributed by atoms with Crippen LogP contribution in [0.1, 0.15) is 32.6 Å². The normalized spacial score (nSPS) is 18.6.